The van der Waals surface area contributed by atoms with Gasteiger partial charge in [-0.25, -0.2) is 0 Å². The van der Waals surface area contributed by atoms with E-state index in [1.54, 1.807) is 0 Å². The number of allylic oxidation sites excluding steroid dienone is 14. The number of amides is 1. The molecule has 1 amide bonds. The van der Waals surface area contributed by atoms with E-state index in [1.807, 2.05) is 0 Å². The molecule has 0 heterocycles. The van der Waals surface area contributed by atoms with E-state index in [9.17, 15) is 15.0 Å². The van der Waals surface area contributed by atoms with Crippen LogP contribution in [0.5, 0.6) is 0 Å². The summed E-state index contributed by atoms with van der Waals surface area (Å²) in [5.41, 5.74) is 0. The third-order valence-corrected chi connectivity index (χ3v) is 16.4. The predicted octanol–water partition coefficient (Wildman–Crippen LogP) is 24.6. The fourth-order valence-electron chi connectivity index (χ4n) is 11.1. The normalized spacial score (nSPS) is 13.2. The minimum Gasteiger partial charge on any atom is -0.394 e. The lowest BCUT2D eigenvalue weighted by Crippen LogP contribution is -2.45. The first kappa shape index (κ1) is 77.6. The van der Waals surface area contributed by atoms with Crippen molar-refractivity contribution in [3.05, 3.63) is 85.1 Å². The van der Waals surface area contributed by atoms with Crippen LogP contribution in [-0.2, 0) is 4.79 Å². The first-order valence-corrected chi connectivity index (χ1v) is 35.8. The Labute approximate surface area is 501 Å². The molecule has 0 aromatic heterocycles. The maximum atomic E-state index is 12.6. The molecule has 2 unspecified atom stereocenters. The lowest BCUT2D eigenvalue weighted by molar-refractivity contribution is -0.123. The van der Waals surface area contributed by atoms with Crippen LogP contribution < -0.4 is 5.32 Å². The molecule has 0 spiro atoms. The van der Waals surface area contributed by atoms with Gasteiger partial charge < -0.3 is 15.5 Å². The van der Waals surface area contributed by atoms with Gasteiger partial charge in [-0.2, -0.15) is 0 Å². The van der Waals surface area contributed by atoms with Gasteiger partial charge in [0.15, 0.2) is 0 Å². The maximum Gasteiger partial charge on any atom is 0.220 e. The minimum atomic E-state index is -0.666. The Morgan fingerprint density at radius 3 is 0.825 bits per heavy atom. The molecule has 0 fully saturated rings. The highest BCUT2D eigenvalue weighted by Gasteiger charge is 2.20. The van der Waals surface area contributed by atoms with E-state index in [1.165, 1.54) is 276 Å². The molecular weight excluding hydrogens is 975 g/mol. The van der Waals surface area contributed by atoms with Gasteiger partial charge in [0.2, 0.25) is 5.91 Å². The number of rotatable bonds is 66. The SMILES string of the molecule is CC/C=C\C/C=C\C/C=C\C/C=C\C/C=C\C/C=C\C/C=C\CCCCCCCCCCCCCCCC(=O)NC(CO)C(O)CCCCCCCCCCCCCCCCCCCCCCCCCCCCCCCCCCC. The Hall–Kier alpha value is -2.43. The van der Waals surface area contributed by atoms with Crippen LogP contribution in [0.25, 0.3) is 0 Å². The average molecular weight is 1110 g/mol. The first-order valence-electron chi connectivity index (χ1n) is 35.8. The molecule has 0 aliphatic heterocycles. The summed E-state index contributed by atoms with van der Waals surface area (Å²) in [6, 6.07) is -0.543. The lowest BCUT2D eigenvalue weighted by atomic mass is 10.0. The number of aliphatic hydroxyl groups excluding tert-OH is 2. The van der Waals surface area contributed by atoms with Gasteiger partial charge in [0.05, 0.1) is 18.8 Å². The quantitative estimate of drug-likeness (QED) is 0.0420. The minimum absolute atomic E-state index is 0.0300. The van der Waals surface area contributed by atoms with Crippen LogP contribution in [-0.4, -0.2) is 34.9 Å². The van der Waals surface area contributed by atoms with E-state index >= 15 is 0 Å². The van der Waals surface area contributed by atoms with Crippen LogP contribution in [0.15, 0.2) is 85.1 Å². The van der Waals surface area contributed by atoms with E-state index in [0.29, 0.717) is 12.8 Å². The fourth-order valence-corrected chi connectivity index (χ4v) is 11.1. The van der Waals surface area contributed by atoms with Gasteiger partial charge >= 0.3 is 0 Å². The summed E-state index contributed by atoms with van der Waals surface area (Å²) < 4.78 is 0. The number of nitrogens with one attached hydrogen (secondary N) is 1. The van der Waals surface area contributed by atoms with Gasteiger partial charge in [-0.1, -0.05) is 381 Å². The summed E-state index contributed by atoms with van der Waals surface area (Å²) in [5.74, 6) is -0.0300. The topological polar surface area (TPSA) is 69.6 Å². The van der Waals surface area contributed by atoms with Crippen LogP contribution in [0.2, 0.25) is 0 Å². The molecule has 0 aliphatic carbocycles. The van der Waals surface area contributed by atoms with Crippen LogP contribution >= 0.6 is 0 Å². The van der Waals surface area contributed by atoms with Gasteiger partial charge in [-0.05, 0) is 70.6 Å². The number of carbonyl (C=O) groups excluding carboxylic acids is 1. The Kier molecular flexibility index (Phi) is 68.7. The second kappa shape index (κ2) is 70.8. The number of hydrogen-bond acceptors (Lipinski definition) is 3. The highest BCUT2D eigenvalue weighted by molar-refractivity contribution is 5.76. The molecule has 0 saturated heterocycles. The molecule has 0 aliphatic rings. The highest BCUT2D eigenvalue weighted by atomic mass is 16.3. The Morgan fingerprint density at radius 1 is 0.312 bits per heavy atom. The standard InChI is InChI=1S/C76H139NO3/c1-3-5-7-9-11-13-15-17-19-21-23-25-27-29-31-33-35-37-38-40-42-44-46-48-50-52-54-56-58-60-62-64-66-68-70-72-76(80)77-74(73-78)75(79)71-69-67-65-63-61-59-57-55-53-51-49-47-45-43-41-39-36-34-32-30-28-26-24-22-20-18-16-14-12-10-8-6-4-2/h5,7,11,13,17,19,23,25,29,31,35,37,40,42,74-75,78-79H,3-4,6,8-10,12,14-16,18,20-22,24,26-28,30,32-34,36,38-39,41,43-73H2,1-2H3,(H,77,80)/b7-5-,13-11-,19-17-,25-23-,31-29-,37-35-,42-40-. The second-order valence-corrected chi connectivity index (χ2v) is 24.3. The van der Waals surface area contributed by atoms with E-state index in [2.05, 4.69) is 104 Å². The predicted molar refractivity (Wildman–Crippen MR) is 359 cm³/mol. The number of aliphatic hydroxyl groups is 2. The van der Waals surface area contributed by atoms with Gasteiger partial charge in [-0.3, -0.25) is 4.79 Å². The molecule has 4 heteroatoms. The molecule has 0 aromatic carbocycles. The van der Waals surface area contributed by atoms with Gasteiger partial charge in [0.1, 0.15) is 0 Å². The van der Waals surface area contributed by atoms with Crippen molar-refractivity contribution in [2.75, 3.05) is 6.61 Å². The van der Waals surface area contributed by atoms with Crippen molar-refractivity contribution in [1.29, 1.82) is 0 Å². The third kappa shape index (κ3) is 66.4. The Bertz CT molecular complexity index is 1400. The fraction of sp³-hybridized carbons (Fsp3) is 0.803. The summed E-state index contributed by atoms with van der Waals surface area (Å²) in [4.78, 5) is 12.6. The monoisotopic (exact) mass is 1110 g/mol. The van der Waals surface area contributed by atoms with Crippen LogP contribution in [0.3, 0.4) is 0 Å². The largest absolute Gasteiger partial charge is 0.394 e. The van der Waals surface area contributed by atoms with E-state index < -0.39 is 12.1 Å². The maximum absolute atomic E-state index is 12.6. The van der Waals surface area contributed by atoms with E-state index in [0.717, 1.165) is 70.6 Å². The molecule has 466 valence electrons. The van der Waals surface area contributed by atoms with Crippen molar-refractivity contribution in [1.82, 2.24) is 5.32 Å². The summed E-state index contributed by atoms with van der Waals surface area (Å²) in [5, 5.41) is 23.5. The second-order valence-electron chi connectivity index (χ2n) is 24.3. The molecule has 0 rings (SSSR count). The average Bonchev–Trinajstić information content (AvgIpc) is 3.46. The molecule has 0 radical (unpaired) electrons. The summed E-state index contributed by atoms with van der Waals surface area (Å²) in [6.07, 6.45) is 104. The molecule has 80 heavy (non-hydrogen) atoms. The molecular formula is C76H139NO3. The highest BCUT2D eigenvalue weighted by Crippen LogP contribution is 2.19. The zero-order chi connectivity index (χ0) is 57.6. The molecule has 0 aromatic rings. The zero-order valence-electron chi connectivity index (χ0n) is 53.8. The summed E-state index contributed by atoms with van der Waals surface area (Å²) in [7, 11) is 0. The Balaban J connectivity index is 3.44. The Morgan fingerprint density at radius 2 is 0.550 bits per heavy atom. The van der Waals surface area contributed by atoms with E-state index in [-0.39, 0.29) is 12.5 Å². The van der Waals surface area contributed by atoms with Crippen LogP contribution in [0, 0.1) is 0 Å². The summed E-state index contributed by atoms with van der Waals surface area (Å²) >= 11 is 0. The molecule has 2 atom stereocenters. The molecule has 0 bridgehead atoms. The van der Waals surface area contributed by atoms with Crippen molar-refractivity contribution in [2.24, 2.45) is 0 Å². The van der Waals surface area contributed by atoms with Gasteiger partial charge in [-0.15, -0.1) is 0 Å². The zero-order valence-corrected chi connectivity index (χ0v) is 53.8. The van der Waals surface area contributed by atoms with Crippen LogP contribution in [0.4, 0.5) is 0 Å². The van der Waals surface area contributed by atoms with Crippen molar-refractivity contribution in [2.45, 2.75) is 386 Å². The van der Waals surface area contributed by atoms with E-state index in [4.69, 9.17) is 0 Å². The number of carbonyl (C=O) groups is 1. The van der Waals surface area contributed by atoms with Gasteiger partial charge in [0, 0.05) is 6.42 Å². The molecule has 4 nitrogen and oxygen atoms in total. The number of hydrogen-bond donors (Lipinski definition) is 3. The van der Waals surface area contributed by atoms with Crippen molar-refractivity contribution < 1.29 is 15.0 Å². The first-order chi connectivity index (χ1) is 39.7. The molecule has 3 N–H and O–H groups in total. The van der Waals surface area contributed by atoms with Crippen molar-refractivity contribution >= 4 is 5.91 Å². The van der Waals surface area contributed by atoms with Crippen LogP contribution in [0.1, 0.15) is 373 Å². The van der Waals surface area contributed by atoms with Crippen molar-refractivity contribution in [3.63, 3.8) is 0 Å². The van der Waals surface area contributed by atoms with Gasteiger partial charge in [0.25, 0.3) is 0 Å². The third-order valence-electron chi connectivity index (χ3n) is 16.4. The number of unbranched alkanes of at least 4 members (excludes halogenated alkanes) is 45. The van der Waals surface area contributed by atoms with Crippen molar-refractivity contribution in [3.8, 4) is 0 Å². The molecule has 0 saturated carbocycles. The smallest absolute Gasteiger partial charge is 0.220 e. The lowest BCUT2D eigenvalue weighted by Gasteiger charge is -2.22. The summed E-state index contributed by atoms with van der Waals surface area (Å²) in [6.45, 7) is 4.28.